The number of carbonyl (C=O) groups excluding carboxylic acids is 1. The first-order chi connectivity index (χ1) is 9.00. The molecular formula is C13H16BrN3OS. The van der Waals surface area contributed by atoms with Gasteiger partial charge in [-0.05, 0) is 40.9 Å². The minimum absolute atomic E-state index is 0.0170. The van der Waals surface area contributed by atoms with Gasteiger partial charge in [0.25, 0.3) is 0 Å². The number of thiocarbonyl (C=S) groups is 1. The number of nitrogens with zero attached hydrogens (tertiary/aromatic N) is 1. The van der Waals surface area contributed by atoms with Crippen LogP contribution in [0, 0.1) is 5.92 Å². The molecule has 0 bridgehead atoms. The molecule has 0 atom stereocenters. The van der Waals surface area contributed by atoms with Gasteiger partial charge < -0.3 is 16.4 Å². The molecule has 102 valence electrons. The number of piperidine rings is 1. The first kappa shape index (κ1) is 14.3. The van der Waals surface area contributed by atoms with Gasteiger partial charge in [-0.3, -0.25) is 4.79 Å². The van der Waals surface area contributed by atoms with Crippen molar-refractivity contribution < 1.29 is 4.79 Å². The minimum atomic E-state index is -0.205. The van der Waals surface area contributed by atoms with Crippen molar-refractivity contribution in [2.75, 3.05) is 18.0 Å². The van der Waals surface area contributed by atoms with E-state index in [1.807, 2.05) is 18.2 Å². The number of anilines is 1. The van der Waals surface area contributed by atoms with Crippen LogP contribution in [0.15, 0.2) is 22.7 Å². The van der Waals surface area contributed by atoms with E-state index in [1.54, 1.807) is 0 Å². The molecule has 4 nitrogen and oxygen atoms in total. The third-order valence-corrected chi connectivity index (χ3v) is 4.34. The van der Waals surface area contributed by atoms with E-state index in [-0.39, 0.29) is 11.8 Å². The number of benzene rings is 1. The van der Waals surface area contributed by atoms with Crippen molar-refractivity contribution in [2.24, 2.45) is 17.4 Å². The molecular weight excluding hydrogens is 326 g/mol. The fourth-order valence-corrected chi connectivity index (χ4v) is 3.34. The normalized spacial score (nSPS) is 16.4. The fourth-order valence-electron chi connectivity index (χ4n) is 2.43. The molecule has 1 aromatic rings. The van der Waals surface area contributed by atoms with Crippen molar-refractivity contribution in [1.82, 2.24) is 0 Å². The highest BCUT2D eigenvalue weighted by molar-refractivity contribution is 9.10. The molecule has 1 aromatic carbocycles. The monoisotopic (exact) mass is 341 g/mol. The Balaban J connectivity index is 2.22. The Kier molecular flexibility index (Phi) is 4.42. The average Bonchev–Trinajstić information content (AvgIpc) is 2.38. The molecule has 0 saturated carbocycles. The highest BCUT2D eigenvalue weighted by Crippen LogP contribution is 2.30. The standard InChI is InChI=1S/C13H16BrN3OS/c14-9-2-1-3-10(11(9)13(16)19)17-6-4-8(5-7-17)12(15)18/h1-3,8H,4-7H2,(H2,15,18)(H2,16,19). The van der Waals surface area contributed by atoms with E-state index in [0.29, 0.717) is 4.99 Å². The highest BCUT2D eigenvalue weighted by Gasteiger charge is 2.25. The number of primary amides is 1. The average molecular weight is 342 g/mol. The van der Waals surface area contributed by atoms with Crippen LogP contribution in [0.5, 0.6) is 0 Å². The second-order valence-corrected chi connectivity index (χ2v) is 5.96. The van der Waals surface area contributed by atoms with Crippen LogP contribution in [-0.4, -0.2) is 24.0 Å². The molecule has 4 N–H and O–H groups in total. The van der Waals surface area contributed by atoms with Crippen molar-refractivity contribution in [3.8, 4) is 0 Å². The largest absolute Gasteiger partial charge is 0.389 e. The van der Waals surface area contributed by atoms with E-state index < -0.39 is 0 Å². The summed E-state index contributed by atoms with van der Waals surface area (Å²) >= 11 is 8.60. The molecule has 0 aromatic heterocycles. The zero-order valence-corrected chi connectivity index (χ0v) is 12.8. The third kappa shape index (κ3) is 3.06. The molecule has 1 heterocycles. The van der Waals surface area contributed by atoms with Gasteiger partial charge in [-0.25, -0.2) is 0 Å². The van der Waals surface area contributed by atoms with E-state index >= 15 is 0 Å². The van der Waals surface area contributed by atoms with Crippen molar-refractivity contribution in [3.63, 3.8) is 0 Å². The maximum absolute atomic E-state index is 11.2. The Labute approximate surface area is 126 Å². The van der Waals surface area contributed by atoms with Gasteiger partial charge in [0.05, 0.1) is 0 Å². The smallest absolute Gasteiger partial charge is 0.220 e. The van der Waals surface area contributed by atoms with Crippen molar-refractivity contribution in [3.05, 3.63) is 28.2 Å². The number of rotatable bonds is 3. The van der Waals surface area contributed by atoms with E-state index in [1.165, 1.54) is 0 Å². The van der Waals surface area contributed by atoms with Crippen LogP contribution in [0.1, 0.15) is 18.4 Å². The van der Waals surface area contributed by atoms with Crippen LogP contribution in [0.4, 0.5) is 5.69 Å². The van der Waals surface area contributed by atoms with Gasteiger partial charge in [0.1, 0.15) is 4.99 Å². The van der Waals surface area contributed by atoms with Crippen LogP contribution >= 0.6 is 28.1 Å². The second-order valence-electron chi connectivity index (χ2n) is 4.66. The summed E-state index contributed by atoms with van der Waals surface area (Å²) in [5.41, 5.74) is 13.0. The summed E-state index contributed by atoms with van der Waals surface area (Å²) < 4.78 is 0.898. The summed E-state index contributed by atoms with van der Waals surface area (Å²) in [5.74, 6) is -0.222. The second kappa shape index (κ2) is 5.88. The minimum Gasteiger partial charge on any atom is -0.389 e. The summed E-state index contributed by atoms with van der Waals surface area (Å²) in [7, 11) is 0. The van der Waals surface area contributed by atoms with Crippen molar-refractivity contribution in [1.29, 1.82) is 0 Å². The molecule has 0 radical (unpaired) electrons. The van der Waals surface area contributed by atoms with Crippen molar-refractivity contribution in [2.45, 2.75) is 12.8 Å². The number of hydrogen-bond donors (Lipinski definition) is 2. The molecule has 0 unspecified atom stereocenters. The first-order valence-corrected chi connectivity index (χ1v) is 7.33. The highest BCUT2D eigenvalue weighted by atomic mass is 79.9. The number of nitrogens with two attached hydrogens (primary N) is 2. The molecule has 1 aliphatic heterocycles. The van der Waals surface area contributed by atoms with Crippen molar-refractivity contribution >= 4 is 44.7 Å². The number of hydrogen-bond acceptors (Lipinski definition) is 3. The number of amides is 1. The van der Waals surface area contributed by atoms with E-state index in [0.717, 1.165) is 41.7 Å². The summed E-state index contributed by atoms with van der Waals surface area (Å²) in [5, 5.41) is 0. The molecule has 6 heteroatoms. The molecule has 1 amide bonds. The molecule has 2 rings (SSSR count). The number of halogens is 1. The Hall–Kier alpha value is -1.14. The molecule has 19 heavy (non-hydrogen) atoms. The lowest BCUT2D eigenvalue weighted by atomic mass is 9.95. The topological polar surface area (TPSA) is 72.4 Å². The molecule has 1 fully saturated rings. The summed E-state index contributed by atoms with van der Waals surface area (Å²) in [4.78, 5) is 13.8. The van der Waals surface area contributed by atoms with E-state index in [4.69, 9.17) is 23.7 Å². The zero-order chi connectivity index (χ0) is 14.0. The Morgan fingerprint density at radius 1 is 1.32 bits per heavy atom. The van der Waals surface area contributed by atoms with Crippen LogP contribution < -0.4 is 16.4 Å². The molecule has 1 saturated heterocycles. The maximum atomic E-state index is 11.2. The molecule has 1 aliphatic rings. The summed E-state index contributed by atoms with van der Waals surface area (Å²) in [6.07, 6.45) is 1.55. The van der Waals surface area contributed by atoms with Gasteiger partial charge in [-0.2, -0.15) is 0 Å². The van der Waals surface area contributed by atoms with Gasteiger partial charge in [0.2, 0.25) is 5.91 Å². The van der Waals surface area contributed by atoms with Gasteiger partial charge in [-0.15, -0.1) is 0 Å². The molecule has 0 aliphatic carbocycles. The number of carbonyl (C=O) groups is 1. The first-order valence-electron chi connectivity index (χ1n) is 6.13. The van der Waals surface area contributed by atoms with Crippen LogP contribution in [0.2, 0.25) is 0 Å². The third-order valence-electron chi connectivity index (χ3n) is 3.48. The SMILES string of the molecule is NC(=O)C1CCN(c2cccc(Br)c2C(N)=S)CC1. The predicted molar refractivity (Wildman–Crippen MR) is 84.2 cm³/mol. The lowest BCUT2D eigenvalue weighted by Gasteiger charge is -2.33. The maximum Gasteiger partial charge on any atom is 0.220 e. The lowest BCUT2D eigenvalue weighted by molar-refractivity contribution is -0.122. The van der Waals surface area contributed by atoms with Crippen LogP contribution in [-0.2, 0) is 4.79 Å². The van der Waals surface area contributed by atoms with Crippen LogP contribution in [0.3, 0.4) is 0 Å². The summed E-state index contributed by atoms with van der Waals surface area (Å²) in [6.45, 7) is 1.58. The zero-order valence-electron chi connectivity index (χ0n) is 10.4. The Bertz CT molecular complexity index is 513. The van der Waals surface area contributed by atoms with Crippen LogP contribution in [0.25, 0.3) is 0 Å². The van der Waals surface area contributed by atoms with E-state index in [9.17, 15) is 4.79 Å². The molecule has 0 spiro atoms. The lowest BCUT2D eigenvalue weighted by Crippen LogP contribution is -2.39. The van der Waals surface area contributed by atoms with Gasteiger partial charge in [0, 0.05) is 34.7 Å². The van der Waals surface area contributed by atoms with Gasteiger partial charge in [0.15, 0.2) is 0 Å². The predicted octanol–water partition coefficient (Wildman–Crippen LogP) is 1.78. The Morgan fingerprint density at radius 3 is 2.47 bits per heavy atom. The fraction of sp³-hybridized carbons (Fsp3) is 0.385. The summed E-state index contributed by atoms with van der Waals surface area (Å²) in [6, 6.07) is 5.89. The quantitative estimate of drug-likeness (QED) is 0.822. The Morgan fingerprint density at radius 2 is 1.95 bits per heavy atom. The van der Waals surface area contributed by atoms with Gasteiger partial charge in [-0.1, -0.05) is 18.3 Å². The van der Waals surface area contributed by atoms with Gasteiger partial charge >= 0.3 is 0 Å². The van der Waals surface area contributed by atoms with E-state index in [2.05, 4.69) is 20.8 Å².